The van der Waals surface area contributed by atoms with E-state index < -0.39 is 12.1 Å². The van der Waals surface area contributed by atoms with Crippen molar-refractivity contribution in [1.82, 2.24) is 0 Å². The van der Waals surface area contributed by atoms with Gasteiger partial charge < -0.3 is 20.6 Å². The minimum atomic E-state index is -1.03. The Hall–Kier alpha value is -1.59. The fraction of sp³-hybridized carbons (Fsp3) is 0.300. The number of benzene rings is 1. The molecule has 0 saturated carbocycles. The molecule has 82 valence electrons. The van der Waals surface area contributed by atoms with Gasteiger partial charge in [0.15, 0.2) is 0 Å². The Morgan fingerprint density at radius 2 is 2.07 bits per heavy atom. The van der Waals surface area contributed by atoms with E-state index in [2.05, 4.69) is 5.32 Å². The van der Waals surface area contributed by atoms with Crippen LogP contribution in [0.25, 0.3) is 0 Å². The molecular weight excluding hydrogens is 198 g/mol. The maximum atomic E-state index is 10.8. The first-order valence-electron chi connectivity index (χ1n) is 4.50. The summed E-state index contributed by atoms with van der Waals surface area (Å²) in [6.07, 6.45) is -0.896. The molecule has 0 spiro atoms. The van der Waals surface area contributed by atoms with Gasteiger partial charge in [-0.05, 0) is 12.1 Å². The smallest absolute Gasteiger partial charge is 0.337 e. The summed E-state index contributed by atoms with van der Waals surface area (Å²) >= 11 is 0. The molecule has 1 atom stereocenters. The number of para-hydroxylation sites is 1. The maximum Gasteiger partial charge on any atom is 0.337 e. The molecule has 5 heteroatoms. The normalized spacial score (nSPS) is 12.1. The van der Waals surface area contributed by atoms with Gasteiger partial charge in [-0.15, -0.1) is 0 Å². The minimum absolute atomic E-state index is 0.112. The van der Waals surface area contributed by atoms with Crippen LogP contribution >= 0.6 is 0 Å². The van der Waals surface area contributed by atoms with Crippen molar-refractivity contribution in [3.8, 4) is 0 Å². The highest BCUT2D eigenvalue weighted by Crippen LogP contribution is 2.14. The van der Waals surface area contributed by atoms with Gasteiger partial charge in [0.2, 0.25) is 0 Å². The molecule has 1 aromatic carbocycles. The van der Waals surface area contributed by atoms with E-state index >= 15 is 0 Å². The lowest BCUT2D eigenvalue weighted by molar-refractivity contribution is 0.0697. The van der Waals surface area contributed by atoms with Crippen molar-refractivity contribution >= 4 is 11.7 Å². The standard InChI is InChI=1S/C10H13NO4/c12-6-7(13)5-11-9-4-2-1-3-8(9)10(14)15/h1-4,7,11-13H,5-6H2,(H,14,15). The van der Waals surface area contributed by atoms with Crippen LogP contribution in [0.1, 0.15) is 10.4 Å². The molecule has 0 amide bonds. The third kappa shape index (κ3) is 3.23. The zero-order chi connectivity index (χ0) is 11.3. The van der Waals surface area contributed by atoms with Crippen LogP contribution in [0.15, 0.2) is 24.3 Å². The molecule has 0 aromatic heterocycles. The number of anilines is 1. The Labute approximate surface area is 87.0 Å². The first-order valence-corrected chi connectivity index (χ1v) is 4.50. The van der Waals surface area contributed by atoms with E-state index in [9.17, 15) is 4.79 Å². The second-order valence-electron chi connectivity index (χ2n) is 3.07. The van der Waals surface area contributed by atoms with Gasteiger partial charge in [0, 0.05) is 12.2 Å². The zero-order valence-corrected chi connectivity index (χ0v) is 8.05. The van der Waals surface area contributed by atoms with Crippen LogP contribution in [0.3, 0.4) is 0 Å². The highest BCUT2D eigenvalue weighted by atomic mass is 16.4. The van der Waals surface area contributed by atoms with Gasteiger partial charge >= 0.3 is 5.97 Å². The van der Waals surface area contributed by atoms with Gasteiger partial charge in [0.25, 0.3) is 0 Å². The fourth-order valence-corrected chi connectivity index (χ4v) is 1.12. The van der Waals surface area contributed by atoms with E-state index in [1.54, 1.807) is 18.2 Å². The lowest BCUT2D eigenvalue weighted by atomic mass is 10.2. The van der Waals surface area contributed by atoms with Gasteiger partial charge in [0.1, 0.15) is 0 Å². The minimum Gasteiger partial charge on any atom is -0.478 e. The van der Waals surface area contributed by atoms with Crippen LogP contribution in [-0.2, 0) is 0 Å². The third-order valence-corrected chi connectivity index (χ3v) is 1.90. The Morgan fingerprint density at radius 3 is 2.67 bits per heavy atom. The number of aliphatic hydroxyl groups is 2. The molecule has 0 heterocycles. The molecule has 1 unspecified atom stereocenters. The Balaban J connectivity index is 2.72. The molecule has 4 N–H and O–H groups in total. The van der Waals surface area contributed by atoms with Crippen molar-refractivity contribution in [3.63, 3.8) is 0 Å². The predicted octanol–water partition coefficient (Wildman–Crippen LogP) is 0.150. The van der Waals surface area contributed by atoms with Crippen molar-refractivity contribution in [2.75, 3.05) is 18.5 Å². The second kappa shape index (κ2) is 5.33. The second-order valence-corrected chi connectivity index (χ2v) is 3.07. The first-order chi connectivity index (χ1) is 7.15. The first kappa shape index (κ1) is 11.5. The summed E-state index contributed by atoms with van der Waals surface area (Å²) in [5, 5.41) is 29.3. The van der Waals surface area contributed by atoms with Crippen molar-refractivity contribution < 1.29 is 20.1 Å². The number of rotatable bonds is 5. The van der Waals surface area contributed by atoms with Gasteiger partial charge in [-0.2, -0.15) is 0 Å². The van der Waals surface area contributed by atoms with Gasteiger partial charge in [-0.25, -0.2) is 4.79 Å². The van der Waals surface area contributed by atoms with Crippen molar-refractivity contribution in [2.24, 2.45) is 0 Å². The van der Waals surface area contributed by atoms with E-state index in [0.717, 1.165) is 0 Å². The van der Waals surface area contributed by atoms with Gasteiger partial charge in [-0.3, -0.25) is 0 Å². The summed E-state index contributed by atoms with van der Waals surface area (Å²) in [7, 11) is 0. The lowest BCUT2D eigenvalue weighted by Gasteiger charge is -2.11. The number of aliphatic hydroxyl groups excluding tert-OH is 2. The van der Waals surface area contributed by atoms with E-state index in [1.807, 2.05) is 0 Å². The maximum absolute atomic E-state index is 10.8. The SMILES string of the molecule is O=C(O)c1ccccc1NCC(O)CO. The summed E-state index contributed by atoms with van der Waals surface area (Å²) in [5.74, 6) is -1.03. The molecular formula is C10H13NO4. The summed E-state index contributed by atoms with van der Waals surface area (Å²) in [6.45, 7) is -0.247. The number of nitrogens with one attached hydrogen (secondary N) is 1. The highest BCUT2D eigenvalue weighted by molar-refractivity contribution is 5.94. The van der Waals surface area contributed by atoms with Crippen LogP contribution in [-0.4, -0.2) is 40.5 Å². The van der Waals surface area contributed by atoms with Crippen LogP contribution in [0.4, 0.5) is 5.69 Å². The number of carbonyl (C=O) groups is 1. The third-order valence-electron chi connectivity index (χ3n) is 1.90. The van der Waals surface area contributed by atoms with E-state index in [4.69, 9.17) is 15.3 Å². The number of carboxylic acid groups (broad SMARTS) is 1. The molecule has 5 nitrogen and oxygen atoms in total. The average Bonchev–Trinajstić information content (AvgIpc) is 2.26. The molecule has 0 fully saturated rings. The van der Waals surface area contributed by atoms with E-state index in [1.165, 1.54) is 6.07 Å². The summed E-state index contributed by atoms with van der Waals surface area (Å²) < 4.78 is 0. The highest BCUT2D eigenvalue weighted by Gasteiger charge is 2.09. The molecule has 0 radical (unpaired) electrons. The van der Waals surface area contributed by atoms with Crippen LogP contribution in [0, 0.1) is 0 Å². The number of carboxylic acids is 1. The van der Waals surface area contributed by atoms with Crippen LogP contribution < -0.4 is 5.32 Å². The molecule has 0 bridgehead atoms. The predicted molar refractivity (Wildman–Crippen MR) is 55.0 cm³/mol. The number of hydrogen-bond donors (Lipinski definition) is 4. The van der Waals surface area contributed by atoms with Crippen LogP contribution in [0.2, 0.25) is 0 Å². The molecule has 1 rings (SSSR count). The fourth-order valence-electron chi connectivity index (χ4n) is 1.12. The van der Waals surface area contributed by atoms with Crippen molar-refractivity contribution in [2.45, 2.75) is 6.10 Å². The summed E-state index contributed by atoms with van der Waals surface area (Å²) in [5.41, 5.74) is 0.570. The van der Waals surface area contributed by atoms with E-state index in [-0.39, 0.29) is 18.7 Å². The van der Waals surface area contributed by atoms with Crippen molar-refractivity contribution in [1.29, 1.82) is 0 Å². The molecule has 0 aliphatic rings. The van der Waals surface area contributed by atoms with Crippen LogP contribution in [0.5, 0.6) is 0 Å². The van der Waals surface area contributed by atoms with E-state index in [0.29, 0.717) is 5.69 Å². The van der Waals surface area contributed by atoms with Crippen molar-refractivity contribution in [3.05, 3.63) is 29.8 Å². The van der Waals surface area contributed by atoms with Gasteiger partial charge in [-0.1, -0.05) is 12.1 Å². The summed E-state index contributed by atoms with van der Waals surface area (Å²) in [6, 6.07) is 6.39. The summed E-state index contributed by atoms with van der Waals surface area (Å²) in [4.78, 5) is 10.8. The lowest BCUT2D eigenvalue weighted by Crippen LogP contribution is -2.23. The topological polar surface area (TPSA) is 89.8 Å². The molecule has 1 aromatic rings. The molecule has 0 saturated heterocycles. The Morgan fingerprint density at radius 1 is 1.40 bits per heavy atom. The zero-order valence-electron chi connectivity index (χ0n) is 8.05. The van der Waals surface area contributed by atoms with Gasteiger partial charge in [0.05, 0.1) is 18.3 Å². The molecule has 0 aliphatic heterocycles. The number of hydrogen-bond acceptors (Lipinski definition) is 4. The molecule has 15 heavy (non-hydrogen) atoms. The average molecular weight is 211 g/mol. The largest absolute Gasteiger partial charge is 0.478 e. The molecule has 0 aliphatic carbocycles. The Kier molecular flexibility index (Phi) is 4.08. The quantitative estimate of drug-likeness (QED) is 0.556. The Bertz CT molecular complexity index is 340. The monoisotopic (exact) mass is 211 g/mol. The number of aromatic carboxylic acids is 1.